The Balaban J connectivity index is 0.00000208. The van der Waals surface area contributed by atoms with Crippen LogP contribution in [0.3, 0.4) is 0 Å². The fourth-order valence-corrected chi connectivity index (χ4v) is 3.16. The summed E-state index contributed by atoms with van der Waals surface area (Å²) in [6, 6.07) is 3.63. The second kappa shape index (κ2) is 8.32. The van der Waals surface area contributed by atoms with E-state index in [0.29, 0.717) is 6.54 Å². The molecule has 1 aliphatic rings. The van der Waals surface area contributed by atoms with E-state index >= 15 is 0 Å². The van der Waals surface area contributed by atoms with Crippen molar-refractivity contribution in [2.75, 3.05) is 19.6 Å². The van der Waals surface area contributed by atoms with Crippen LogP contribution in [0.15, 0.2) is 35.2 Å². The summed E-state index contributed by atoms with van der Waals surface area (Å²) in [5.74, 6) is -1.72. The number of carbonyl (C=O) groups is 1. The van der Waals surface area contributed by atoms with E-state index in [1.165, 1.54) is 23.6 Å². The van der Waals surface area contributed by atoms with Gasteiger partial charge >= 0.3 is 0 Å². The van der Waals surface area contributed by atoms with Gasteiger partial charge in [0.05, 0.1) is 5.56 Å². The zero-order valence-electron chi connectivity index (χ0n) is 12.6. The van der Waals surface area contributed by atoms with Gasteiger partial charge in [-0.2, -0.15) is 0 Å². The summed E-state index contributed by atoms with van der Waals surface area (Å²) in [4.78, 5) is 16.2. The molecule has 0 atom stereocenters. The first-order valence-corrected chi connectivity index (χ1v) is 8.10. The number of rotatable bonds is 4. The predicted octanol–water partition coefficient (Wildman–Crippen LogP) is 3.16. The summed E-state index contributed by atoms with van der Waals surface area (Å²) in [5, 5.41) is 7.65. The van der Waals surface area contributed by atoms with Gasteiger partial charge < -0.3 is 10.6 Å². The molecule has 2 heterocycles. The minimum atomic E-state index is -0.689. The lowest BCUT2D eigenvalue weighted by molar-refractivity contribution is 0.0952. The summed E-state index contributed by atoms with van der Waals surface area (Å²) < 4.78 is 27.5. The molecule has 0 bridgehead atoms. The Labute approximate surface area is 148 Å². The molecular weight excluding hydrogens is 356 g/mol. The molecule has 3 rings (SSSR count). The highest BCUT2D eigenvalue weighted by molar-refractivity contribution is 7.13. The van der Waals surface area contributed by atoms with Gasteiger partial charge in [-0.05, 0) is 25.1 Å². The fourth-order valence-electron chi connectivity index (χ4n) is 2.31. The number of carbonyl (C=O) groups excluding carboxylic acids is 1. The molecular formula is C16H16ClF2N3OS. The third-order valence-electron chi connectivity index (χ3n) is 3.55. The Morgan fingerprint density at radius 2 is 2.08 bits per heavy atom. The van der Waals surface area contributed by atoms with Gasteiger partial charge in [0.2, 0.25) is 0 Å². The lowest BCUT2D eigenvalue weighted by Gasteiger charge is -2.14. The van der Waals surface area contributed by atoms with Crippen molar-refractivity contribution in [1.82, 2.24) is 15.6 Å². The summed E-state index contributed by atoms with van der Waals surface area (Å²) >= 11 is 1.04. The third-order valence-corrected chi connectivity index (χ3v) is 4.41. The summed E-state index contributed by atoms with van der Waals surface area (Å²) in [6.07, 6.45) is 2.94. The largest absolute Gasteiger partial charge is 0.347 e. The van der Waals surface area contributed by atoms with Crippen molar-refractivity contribution in [2.24, 2.45) is 0 Å². The molecule has 1 aromatic carbocycles. The first-order chi connectivity index (χ1) is 11.1. The average Bonchev–Trinajstić information content (AvgIpc) is 3.03. The number of benzene rings is 1. The summed E-state index contributed by atoms with van der Waals surface area (Å²) in [6.45, 7) is 2.16. The molecule has 0 saturated carbocycles. The maximum atomic E-state index is 13.8. The van der Waals surface area contributed by atoms with Gasteiger partial charge in [0, 0.05) is 18.5 Å². The Hall–Kier alpha value is -1.83. The Kier molecular flexibility index (Phi) is 6.42. The molecule has 8 heteroatoms. The van der Waals surface area contributed by atoms with Crippen molar-refractivity contribution in [3.63, 3.8) is 0 Å². The number of amides is 1. The molecule has 0 unspecified atom stereocenters. The standard InChI is InChI=1S/C16H15F2N3OS.ClH/c17-11-2-1-3-12(18)14(11)16-21-13(9-23-16)15(22)20-8-10-4-6-19-7-5-10;/h1-4,9,19H,5-8H2,(H,20,22);1H. The average molecular weight is 372 g/mol. The smallest absolute Gasteiger partial charge is 0.271 e. The maximum absolute atomic E-state index is 13.8. The van der Waals surface area contributed by atoms with Gasteiger partial charge in [0.25, 0.3) is 5.91 Å². The first kappa shape index (κ1) is 18.5. The molecule has 0 aliphatic carbocycles. The van der Waals surface area contributed by atoms with Crippen LogP contribution < -0.4 is 10.6 Å². The van der Waals surface area contributed by atoms with Crippen LogP contribution in [0.5, 0.6) is 0 Å². The van der Waals surface area contributed by atoms with Crippen LogP contribution in [-0.4, -0.2) is 30.5 Å². The third kappa shape index (κ3) is 4.17. The molecule has 1 aromatic heterocycles. The van der Waals surface area contributed by atoms with E-state index < -0.39 is 11.6 Å². The van der Waals surface area contributed by atoms with Gasteiger partial charge in [-0.1, -0.05) is 17.7 Å². The van der Waals surface area contributed by atoms with Gasteiger partial charge in [-0.25, -0.2) is 13.8 Å². The molecule has 0 spiro atoms. The number of thiazole rings is 1. The minimum Gasteiger partial charge on any atom is -0.347 e. The van der Waals surface area contributed by atoms with Gasteiger partial charge in [-0.15, -0.1) is 23.7 Å². The van der Waals surface area contributed by atoms with E-state index in [-0.39, 0.29) is 34.6 Å². The van der Waals surface area contributed by atoms with E-state index in [0.717, 1.165) is 36.4 Å². The maximum Gasteiger partial charge on any atom is 0.271 e. The van der Waals surface area contributed by atoms with Crippen molar-refractivity contribution in [2.45, 2.75) is 6.42 Å². The zero-order chi connectivity index (χ0) is 16.2. The van der Waals surface area contributed by atoms with Gasteiger partial charge in [0.15, 0.2) is 0 Å². The fraction of sp³-hybridized carbons (Fsp3) is 0.250. The van der Waals surface area contributed by atoms with E-state index in [1.54, 1.807) is 0 Å². The molecule has 1 amide bonds. The Morgan fingerprint density at radius 1 is 1.33 bits per heavy atom. The van der Waals surface area contributed by atoms with Crippen molar-refractivity contribution in [3.05, 3.63) is 52.6 Å². The molecule has 0 saturated heterocycles. The molecule has 2 aromatic rings. The highest BCUT2D eigenvalue weighted by Gasteiger charge is 2.17. The number of nitrogens with one attached hydrogen (secondary N) is 2. The van der Waals surface area contributed by atoms with Crippen LogP contribution in [0.4, 0.5) is 8.78 Å². The monoisotopic (exact) mass is 371 g/mol. The van der Waals surface area contributed by atoms with Crippen LogP contribution >= 0.6 is 23.7 Å². The Morgan fingerprint density at radius 3 is 2.75 bits per heavy atom. The van der Waals surface area contributed by atoms with Crippen LogP contribution in [0, 0.1) is 11.6 Å². The second-order valence-electron chi connectivity index (χ2n) is 5.13. The van der Waals surface area contributed by atoms with E-state index in [9.17, 15) is 13.6 Å². The minimum absolute atomic E-state index is 0. The molecule has 24 heavy (non-hydrogen) atoms. The second-order valence-corrected chi connectivity index (χ2v) is 5.99. The molecule has 1 aliphatic heterocycles. The number of hydrogen-bond acceptors (Lipinski definition) is 4. The zero-order valence-corrected chi connectivity index (χ0v) is 14.3. The normalized spacial score (nSPS) is 13.8. The van der Waals surface area contributed by atoms with Crippen molar-refractivity contribution in [3.8, 4) is 10.6 Å². The number of aromatic nitrogens is 1. The quantitative estimate of drug-likeness (QED) is 0.812. The van der Waals surface area contributed by atoms with Crippen LogP contribution in [0.1, 0.15) is 16.9 Å². The highest BCUT2D eigenvalue weighted by Crippen LogP contribution is 2.28. The Bertz CT molecular complexity index is 743. The van der Waals surface area contributed by atoms with Crippen LogP contribution in [-0.2, 0) is 0 Å². The van der Waals surface area contributed by atoms with E-state index in [4.69, 9.17) is 0 Å². The van der Waals surface area contributed by atoms with Crippen molar-refractivity contribution in [1.29, 1.82) is 0 Å². The predicted molar refractivity (Wildman–Crippen MR) is 92.6 cm³/mol. The number of hydrogen-bond donors (Lipinski definition) is 2. The lowest BCUT2D eigenvalue weighted by Crippen LogP contribution is -2.29. The SMILES string of the molecule is Cl.O=C(NCC1=CCNCC1)c1csc(-c2c(F)cccc2F)n1. The summed E-state index contributed by atoms with van der Waals surface area (Å²) in [7, 11) is 0. The summed E-state index contributed by atoms with van der Waals surface area (Å²) in [5.41, 5.74) is 1.13. The van der Waals surface area contributed by atoms with Crippen LogP contribution in [0.25, 0.3) is 10.6 Å². The molecule has 0 fully saturated rings. The van der Waals surface area contributed by atoms with Crippen LogP contribution in [0.2, 0.25) is 0 Å². The lowest BCUT2D eigenvalue weighted by atomic mass is 10.1. The highest BCUT2D eigenvalue weighted by atomic mass is 35.5. The first-order valence-electron chi connectivity index (χ1n) is 7.22. The number of nitrogens with zero attached hydrogens (tertiary/aromatic N) is 1. The molecule has 2 N–H and O–H groups in total. The van der Waals surface area contributed by atoms with E-state index in [2.05, 4.69) is 15.6 Å². The van der Waals surface area contributed by atoms with Crippen molar-refractivity contribution >= 4 is 29.7 Å². The molecule has 4 nitrogen and oxygen atoms in total. The molecule has 0 radical (unpaired) electrons. The van der Waals surface area contributed by atoms with Crippen molar-refractivity contribution < 1.29 is 13.6 Å². The topological polar surface area (TPSA) is 54.0 Å². The van der Waals surface area contributed by atoms with E-state index in [1.807, 2.05) is 6.08 Å². The molecule has 128 valence electrons. The van der Waals surface area contributed by atoms with Gasteiger partial charge in [0.1, 0.15) is 22.3 Å². The number of halogens is 3. The van der Waals surface area contributed by atoms with Gasteiger partial charge in [-0.3, -0.25) is 4.79 Å².